The van der Waals surface area contributed by atoms with Crippen LogP contribution in [-0.2, 0) is 4.74 Å². The molecule has 0 bridgehead atoms. The molecule has 7 nitrogen and oxygen atoms in total. The monoisotopic (exact) mass is 449 g/mol. The van der Waals surface area contributed by atoms with Crippen LogP contribution in [0.15, 0.2) is 64.7 Å². The maximum absolute atomic E-state index is 12.8. The SMILES string of the molecule is C=CC(=N/C(C)=C\C)c1ccc(-c2cc3cnc(NC4CCOC4)nc3[nH]c2=O)c(Cl)c1. The smallest absolute Gasteiger partial charge is 0.257 e. The van der Waals surface area contributed by atoms with E-state index in [4.69, 9.17) is 16.3 Å². The minimum atomic E-state index is -0.275. The Morgan fingerprint density at radius 3 is 2.91 bits per heavy atom. The van der Waals surface area contributed by atoms with Crippen molar-refractivity contribution in [2.24, 2.45) is 4.99 Å². The molecule has 2 aromatic heterocycles. The molecule has 32 heavy (non-hydrogen) atoms. The van der Waals surface area contributed by atoms with Gasteiger partial charge in [0.1, 0.15) is 5.65 Å². The molecule has 1 fully saturated rings. The van der Waals surface area contributed by atoms with Crippen LogP contribution in [-0.4, -0.2) is 39.9 Å². The first-order valence-electron chi connectivity index (χ1n) is 10.4. The summed E-state index contributed by atoms with van der Waals surface area (Å²) in [5.41, 5.74) is 3.67. The van der Waals surface area contributed by atoms with Crippen LogP contribution in [0.2, 0.25) is 5.02 Å². The number of benzene rings is 1. The van der Waals surface area contributed by atoms with Crippen LogP contribution < -0.4 is 10.9 Å². The Kier molecular flexibility index (Phi) is 6.48. The molecule has 0 spiro atoms. The van der Waals surface area contributed by atoms with Crippen LogP contribution in [0.1, 0.15) is 25.8 Å². The number of pyridine rings is 1. The van der Waals surface area contributed by atoms with Gasteiger partial charge >= 0.3 is 0 Å². The largest absolute Gasteiger partial charge is 0.379 e. The van der Waals surface area contributed by atoms with E-state index < -0.39 is 0 Å². The first-order chi connectivity index (χ1) is 15.5. The molecule has 1 aliphatic heterocycles. The van der Waals surface area contributed by atoms with Crippen molar-refractivity contribution < 1.29 is 4.74 Å². The van der Waals surface area contributed by atoms with Crippen LogP contribution in [0.5, 0.6) is 0 Å². The Bertz CT molecular complexity index is 1290. The van der Waals surface area contributed by atoms with Crippen LogP contribution >= 0.6 is 11.6 Å². The van der Waals surface area contributed by atoms with E-state index in [1.807, 2.05) is 32.1 Å². The van der Waals surface area contributed by atoms with Crippen LogP contribution in [0.4, 0.5) is 5.95 Å². The number of rotatable bonds is 6. The third-order valence-electron chi connectivity index (χ3n) is 5.32. The highest BCUT2D eigenvalue weighted by molar-refractivity contribution is 6.34. The molecule has 1 atom stereocenters. The number of allylic oxidation sites excluding steroid dienone is 3. The fourth-order valence-corrected chi connectivity index (χ4v) is 3.75. The molecule has 0 saturated carbocycles. The van der Waals surface area contributed by atoms with Crippen molar-refractivity contribution in [1.82, 2.24) is 15.0 Å². The molecule has 0 aliphatic carbocycles. The fraction of sp³-hybridized carbons (Fsp3) is 0.250. The summed E-state index contributed by atoms with van der Waals surface area (Å²) >= 11 is 6.57. The minimum absolute atomic E-state index is 0.177. The molecule has 0 radical (unpaired) electrons. The number of aromatic amines is 1. The van der Waals surface area contributed by atoms with Crippen LogP contribution in [0, 0.1) is 0 Å². The number of halogens is 1. The van der Waals surface area contributed by atoms with Gasteiger partial charge in [0.05, 0.1) is 18.4 Å². The summed E-state index contributed by atoms with van der Waals surface area (Å²) in [6.45, 7) is 9.03. The van der Waals surface area contributed by atoms with Crippen molar-refractivity contribution in [3.8, 4) is 11.1 Å². The van der Waals surface area contributed by atoms with E-state index in [1.165, 1.54) is 0 Å². The number of hydrogen-bond donors (Lipinski definition) is 2. The predicted octanol–water partition coefficient (Wildman–Crippen LogP) is 4.74. The maximum Gasteiger partial charge on any atom is 0.257 e. The first kappa shape index (κ1) is 21.9. The number of fused-ring (bicyclic) bond motifs is 1. The Hall–Kier alpha value is -3.29. The summed E-state index contributed by atoms with van der Waals surface area (Å²) in [6, 6.07) is 7.41. The first-order valence-corrected chi connectivity index (χ1v) is 10.7. The van der Waals surface area contributed by atoms with E-state index in [2.05, 4.69) is 31.8 Å². The number of hydrogen-bond acceptors (Lipinski definition) is 6. The molecule has 1 saturated heterocycles. The lowest BCUT2D eigenvalue weighted by atomic mass is 10.0. The Labute approximate surface area is 190 Å². The van der Waals surface area contributed by atoms with Gasteiger partial charge in [-0.25, -0.2) is 4.98 Å². The van der Waals surface area contributed by atoms with Gasteiger partial charge in [-0.05, 0) is 38.5 Å². The Balaban J connectivity index is 1.68. The number of H-pyrrole nitrogens is 1. The molecule has 8 heteroatoms. The Morgan fingerprint density at radius 2 is 2.22 bits per heavy atom. The van der Waals surface area contributed by atoms with Gasteiger partial charge in [-0.1, -0.05) is 36.4 Å². The van der Waals surface area contributed by atoms with E-state index in [-0.39, 0.29) is 11.6 Å². The van der Waals surface area contributed by atoms with Gasteiger partial charge in [-0.2, -0.15) is 4.98 Å². The number of aliphatic imine (C=N–C) groups is 1. The topological polar surface area (TPSA) is 92.3 Å². The summed E-state index contributed by atoms with van der Waals surface area (Å²) in [4.78, 5) is 29.0. The second kappa shape index (κ2) is 9.46. The van der Waals surface area contributed by atoms with Crippen molar-refractivity contribution >= 4 is 34.3 Å². The molecule has 0 amide bonds. The highest BCUT2D eigenvalue weighted by Gasteiger charge is 2.17. The lowest BCUT2D eigenvalue weighted by molar-refractivity contribution is 0.195. The van der Waals surface area contributed by atoms with Crippen molar-refractivity contribution in [3.05, 3.63) is 75.8 Å². The van der Waals surface area contributed by atoms with Crippen LogP contribution in [0.3, 0.4) is 0 Å². The van der Waals surface area contributed by atoms with E-state index in [0.717, 1.165) is 24.3 Å². The van der Waals surface area contributed by atoms with Gasteiger partial charge in [-0.15, -0.1) is 0 Å². The molecule has 2 N–H and O–H groups in total. The predicted molar refractivity (Wildman–Crippen MR) is 130 cm³/mol. The molecule has 1 aromatic carbocycles. The molecule has 164 valence electrons. The van der Waals surface area contributed by atoms with E-state index in [1.54, 1.807) is 24.4 Å². The van der Waals surface area contributed by atoms with Crippen molar-refractivity contribution in [2.75, 3.05) is 18.5 Å². The van der Waals surface area contributed by atoms with E-state index in [9.17, 15) is 4.79 Å². The van der Waals surface area contributed by atoms with Crippen molar-refractivity contribution in [3.63, 3.8) is 0 Å². The molecule has 1 aliphatic rings. The third-order valence-corrected chi connectivity index (χ3v) is 5.63. The highest BCUT2D eigenvalue weighted by atomic mass is 35.5. The molecular weight excluding hydrogens is 426 g/mol. The van der Waals surface area contributed by atoms with Gasteiger partial charge < -0.3 is 15.0 Å². The second-order valence-corrected chi connectivity index (χ2v) is 7.95. The standard InChI is InChI=1S/C24H24ClN5O2/c1-4-14(3)27-21(5-2)15-6-7-18(20(25)11-15)19-10-16-12-26-24(28-17-8-9-32-13-17)30-22(16)29-23(19)31/h4-7,10-12,17H,2,8-9,13H2,1,3H3,(H2,26,28,29,30,31)/b14-4-,27-21?. The zero-order valence-electron chi connectivity index (χ0n) is 18.0. The third kappa shape index (κ3) is 4.64. The van der Waals surface area contributed by atoms with E-state index in [0.29, 0.717) is 45.4 Å². The summed E-state index contributed by atoms with van der Waals surface area (Å²) in [7, 11) is 0. The van der Waals surface area contributed by atoms with Gasteiger partial charge in [0, 0.05) is 45.6 Å². The normalized spacial score (nSPS) is 17.0. The summed E-state index contributed by atoms with van der Waals surface area (Å²) in [5.74, 6) is 0.464. The fourth-order valence-electron chi connectivity index (χ4n) is 3.47. The zero-order chi connectivity index (χ0) is 22.7. The lowest BCUT2D eigenvalue weighted by Crippen LogP contribution is -2.21. The van der Waals surface area contributed by atoms with Gasteiger partial charge in [0.25, 0.3) is 5.56 Å². The number of anilines is 1. The zero-order valence-corrected chi connectivity index (χ0v) is 18.7. The number of aromatic nitrogens is 3. The maximum atomic E-state index is 12.8. The molecule has 3 aromatic rings. The van der Waals surface area contributed by atoms with E-state index >= 15 is 0 Å². The van der Waals surface area contributed by atoms with Crippen LogP contribution in [0.25, 0.3) is 22.2 Å². The lowest BCUT2D eigenvalue weighted by Gasteiger charge is -2.11. The minimum Gasteiger partial charge on any atom is -0.379 e. The second-order valence-electron chi connectivity index (χ2n) is 7.54. The highest BCUT2D eigenvalue weighted by Crippen LogP contribution is 2.28. The molecule has 1 unspecified atom stereocenters. The van der Waals surface area contributed by atoms with Gasteiger partial charge in [-0.3, -0.25) is 9.79 Å². The van der Waals surface area contributed by atoms with Gasteiger partial charge in [0.2, 0.25) is 5.95 Å². The van der Waals surface area contributed by atoms with Gasteiger partial charge in [0.15, 0.2) is 0 Å². The summed E-state index contributed by atoms with van der Waals surface area (Å²) in [5, 5.41) is 4.39. The number of nitrogens with one attached hydrogen (secondary N) is 2. The number of nitrogens with zero attached hydrogens (tertiary/aromatic N) is 3. The molecular formula is C24H24ClN5O2. The number of ether oxygens (including phenoxy) is 1. The summed E-state index contributed by atoms with van der Waals surface area (Å²) in [6.07, 6.45) is 6.18. The van der Waals surface area contributed by atoms with Crippen molar-refractivity contribution in [2.45, 2.75) is 26.3 Å². The molecule has 3 heterocycles. The average Bonchev–Trinajstić information content (AvgIpc) is 3.30. The molecule has 4 rings (SSSR count). The summed E-state index contributed by atoms with van der Waals surface area (Å²) < 4.78 is 5.36. The Morgan fingerprint density at radius 1 is 1.38 bits per heavy atom. The van der Waals surface area contributed by atoms with Crippen molar-refractivity contribution in [1.29, 1.82) is 0 Å². The quantitative estimate of drug-likeness (QED) is 0.530. The average molecular weight is 450 g/mol.